The highest BCUT2D eigenvalue weighted by Crippen LogP contribution is 2.27. The summed E-state index contributed by atoms with van der Waals surface area (Å²) in [4.78, 5) is 0. The number of nitrogens with zero attached hydrogens (tertiary/aromatic N) is 2. The van der Waals surface area contributed by atoms with Gasteiger partial charge in [0.2, 0.25) is 0 Å². The molecular formula is C8H12BrClN2. The number of hydrogen-bond acceptors (Lipinski definition) is 1. The predicted molar refractivity (Wildman–Crippen MR) is 54.5 cm³/mol. The molecule has 12 heavy (non-hydrogen) atoms. The van der Waals surface area contributed by atoms with Crippen molar-refractivity contribution in [3.63, 3.8) is 0 Å². The first kappa shape index (κ1) is 10.1. The first-order chi connectivity index (χ1) is 5.66. The average Bonchev–Trinajstić information content (AvgIpc) is 2.32. The summed E-state index contributed by atoms with van der Waals surface area (Å²) in [6.07, 6.45) is 2.87. The van der Waals surface area contributed by atoms with Crippen molar-refractivity contribution in [2.45, 2.75) is 32.2 Å². The Balaban J connectivity index is 2.95. The van der Waals surface area contributed by atoms with Crippen molar-refractivity contribution < 1.29 is 0 Å². The summed E-state index contributed by atoms with van der Waals surface area (Å²) in [6, 6.07) is 0. The van der Waals surface area contributed by atoms with Gasteiger partial charge in [-0.2, -0.15) is 5.10 Å². The maximum atomic E-state index is 6.00. The van der Waals surface area contributed by atoms with Crippen LogP contribution >= 0.6 is 27.5 Å². The number of halogens is 2. The molecule has 0 aromatic carbocycles. The Morgan fingerprint density at radius 2 is 2.42 bits per heavy atom. The van der Waals surface area contributed by atoms with Gasteiger partial charge in [-0.05, 0) is 29.3 Å². The summed E-state index contributed by atoms with van der Waals surface area (Å²) in [5.74, 6) is 0. The van der Waals surface area contributed by atoms with E-state index in [1.165, 1.54) is 0 Å². The maximum absolute atomic E-state index is 6.00. The molecule has 1 aromatic heterocycles. The molecule has 2 nitrogen and oxygen atoms in total. The lowest BCUT2D eigenvalue weighted by molar-refractivity contribution is 0.573. The Hall–Kier alpha value is -0.0200. The summed E-state index contributed by atoms with van der Waals surface area (Å²) >= 11 is 9.42. The maximum Gasteiger partial charge on any atom is 0.0737 e. The van der Waals surface area contributed by atoms with Crippen LogP contribution in [0.2, 0.25) is 0 Å². The van der Waals surface area contributed by atoms with Crippen LogP contribution in [0.15, 0.2) is 10.7 Å². The average molecular weight is 252 g/mol. The van der Waals surface area contributed by atoms with Gasteiger partial charge in [-0.3, -0.25) is 4.68 Å². The third-order valence-electron chi connectivity index (χ3n) is 1.65. The van der Waals surface area contributed by atoms with Crippen molar-refractivity contribution in [2.24, 2.45) is 0 Å². The SMILES string of the molecule is CCCn1ncc(Br)c1C(C)Cl. The highest BCUT2D eigenvalue weighted by Gasteiger charge is 2.12. The second-order valence-corrected chi connectivity index (χ2v) is 4.23. The molecule has 0 fully saturated rings. The lowest BCUT2D eigenvalue weighted by Gasteiger charge is -2.07. The third-order valence-corrected chi connectivity index (χ3v) is 2.46. The zero-order chi connectivity index (χ0) is 9.14. The minimum atomic E-state index is 0.00780. The number of alkyl halides is 1. The van der Waals surface area contributed by atoms with Crippen molar-refractivity contribution in [1.82, 2.24) is 9.78 Å². The molecule has 1 rings (SSSR count). The third kappa shape index (κ3) is 2.02. The van der Waals surface area contributed by atoms with Crippen LogP contribution in [0.1, 0.15) is 31.3 Å². The summed E-state index contributed by atoms with van der Waals surface area (Å²) < 4.78 is 2.94. The minimum absolute atomic E-state index is 0.00780. The van der Waals surface area contributed by atoms with E-state index in [9.17, 15) is 0 Å². The van der Waals surface area contributed by atoms with Crippen LogP contribution in [0, 0.1) is 0 Å². The molecule has 1 aromatic rings. The summed E-state index contributed by atoms with van der Waals surface area (Å²) in [5.41, 5.74) is 1.07. The lowest BCUT2D eigenvalue weighted by atomic mass is 10.3. The van der Waals surface area contributed by atoms with Gasteiger partial charge in [0.15, 0.2) is 0 Å². The molecule has 1 unspecified atom stereocenters. The van der Waals surface area contributed by atoms with Crippen molar-refractivity contribution in [3.05, 3.63) is 16.4 Å². The number of hydrogen-bond donors (Lipinski definition) is 0. The van der Waals surface area contributed by atoms with E-state index >= 15 is 0 Å². The Labute approximate surface area is 86.0 Å². The smallest absolute Gasteiger partial charge is 0.0737 e. The quantitative estimate of drug-likeness (QED) is 0.753. The van der Waals surface area contributed by atoms with Crippen LogP contribution in [0.5, 0.6) is 0 Å². The summed E-state index contributed by atoms with van der Waals surface area (Å²) in [7, 11) is 0. The zero-order valence-electron chi connectivity index (χ0n) is 7.22. The number of aryl methyl sites for hydroxylation is 1. The first-order valence-electron chi connectivity index (χ1n) is 4.02. The largest absolute Gasteiger partial charge is 0.267 e. The first-order valence-corrected chi connectivity index (χ1v) is 5.25. The second-order valence-electron chi connectivity index (χ2n) is 2.72. The normalized spacial score (nSPS) is 13.3. The molecule has 0 spiro atoms. The van der Waals surface area contributed by atoms with Gasteiger partial charge in [0.05, 0.1) is 21.7 Å². The fourth-order valence-corrected chi connectivity index (χ4v) is 2.16. The standard InChI is InChI=1S/C8H12BrClN2/c1-3-4-12-8(6(2)10)7(9)5-11-12/h5-6H,3-4H2,1-2H3. The highest BCUT2D eigenvalue weighted by molar-refractivity contribution is 9.10. The van der Waals surface area contributed by atoms with E-state index in [0.717, 1.165) is 23.1 Å². The van der Waals surface area contributed by atoms with Gasteiger partial charge >= 0.3 is 0 Å². The molecule has 0 aliphatic heterocycles. The predicted octanol–water partition coefficient (Wildman–Crippen LogP) is 3.36. The fraction of sp³-hybridized carbons (Fsp3) is 0.625. The zero-order valence-corrected chi connectivity index (χ0v) is 9.56. The Kier molecular flexibility index (Phi) is 3.59. The Bertz CT molecular complexity index is 258. The molecule has 0 bridgehead atoms. The topological polar surface area (TPSA) is 17.8 Å². The van der Waals surface area contributed by atoms with Gasteiger partial charge in [-0.1, -0.05) is 6.92 Å². The number of rotatable bonds is 3. The minimum Gasteiger partial charge on any atom is -0.267 e. The molecule has 68 valence electrons. The van der Waals surface area contributed by atoms with Crippen LogP contribution in [0.25, 0.3) is 0 Å². The van der Waals surface area contributed by atoms with E-state index in [1.807, 2.05) is 11.6 Å². The van der Waals surface area contributed by atoms with E-state index in [-0.39, 0.29) is 5.38 Å². The molecule has 0 radical (unpaired) electrons. The van der Waals surface area contributed by atoms with E-state index in [0.29, 0.717) is 0 Å². The van der Waals surface area contributed by atoms with Gasteiger partial charge in [0, 0.05) is 6.54 Å². The molecule has 1 heterocycles. The van der Waals surface area contributed by atoms with Crippen molar-refractivity contribution >= 4 is 27.5 Å². The van der Waals surface area contributed by atoms with Gasteiger partial charge in [-0.15, -0.1) is 11.6 Å². The molecule has 0 aliphatic rings. The molecular weight excluding hydrogens is 239 g/mol. The van der Waals surface area contributed by atoms with Crippen LogP contribution in [0.4, 0.5) is 0 Å². The van der Waals surface area contributed by atoms with E-state index in [1.54, 1.807) is 6.20 Å². The van der Waals surface area contributed by atoms with E-state index in [4.69, 9.17) is 11.6 Å². The van der Waals surface area contributed by atoms with Crippen LogP contribution in [-0.4, -0.2) is 9.78 Å². The van der Waals surface area contributed by atoms with Gasteiger partial charge in [0.1, 0.15) is 0 Å². The highest BCUT2D eigenvalue weighted by atomic mass is 79.9. The van der Waals surface area contributed by atoms with Crippen molar-refractivity contribution in [2.75, 3.05) is 0 Å². The monoisotopic (exact) mass is 250 g/mol. The molecule has 0 aliphatic carbocycles. The Morgan fingerprint density at radius 3 is 2.92 bits per heavy atom. The summed E-state index contributed by atoms with van der Waals surface area (Å²) in [5, 5.41) is 4.22. The molecule has 4 heteroatoms. The molecule has 0 saturated carbocycles. The van der Waals surface area contributed by atoms with Crippen molar-refractivity contribution in [3.8, 4) is 0 Å². The lowest BCUT2D eigenvalue weighted by Crippen LogP contribution is -2.04. The van der Waals surface area contributed by atoms with E-state index < -0.39 is 0 Å². The van der Waals surface area contributed by atoms with Gasteiger partial charge in [0.25, 0.3) is 0 Å². The number of aromatic nitrogens is 2. The van der Waals surface area contributed by atoms with Gasteiger partial charge < -0.3 is 0 Å². The summed E-state index contributed by atoms with van der Waals surface area (Å²) in [6.45, 7) is 5.01. The van der Waals surface area contributed by atoms with Crippen LogP contribution in [0.3, 0.4) is 0 Å². The molecule has 0 N–H and O–H groups in total. The van der Waals surface area contributed by atoms with Crippen molar-refractivity contribution in [1.29, 1.82) is 0 Å². The molecule has 0 saturated heterocycles. The van der Waals surface area contributed by atoms with Crippen LogP contribution < -0.4 is 0 Å². The fourth-order valence-electron chi connectivity index (χ4n) is 1.16. The second kappa shape index (κ2) is 4.28. The Morgan fingerprint density at radius 1 is 1.75 bits per heavy atom. The van der Waals surface area contributed by atoms with Crippen LogP contribution in [-0.2, 0) is 6.54 Å². The molecule has 0 amide bonds. The van der Waals surface area contributed by atoms with Gasteiger partial charge in [-0.25, -0.2) is 0 Å². The molecule has 1 atom stereocenters. The van der Waals surface area contributed by atoms with E-state index in [2.05, 4.69) is 28.0 Å².